The van der Waals surface area contributed by atoms with E-state index in [-0.39, 0.29) is 5.91 Å². The molecular formula is C25H27N9O. The summed E-state index contributed by atoms with van der Waals surface area (Å²) >= 11 is 0. The zero-order valence-corrected chi connectivity index (χ0v) is 20.1. The summed E-state index contributed by atoms with van der Waals surface area (Å²) in [6.07, 6.45) is 2.63. The van der Waals surface area contributed by atoms with Crippen molar-refractivity contribution in [1.29, 1.82) is 0 Å². The third kappa shape index (κ3) is 3.65. The molecule has 1 aliphatic rings. The predicted octanol–water partition coefficient (Wildman–Crippen LogP) is 2.53. The molecule has 0 saturated carbocycles. The fraction of sp³-hybridized carbons (Fsp3) is 0.360. The number of anilines is 1. The monoisotopic (exact) mass is 469 g/mol. The van der Waals surface area contributed by atoms with Crippen LogP contribution in [0.1, 0.15) is 29.1 Å². The van der Waals surface area contributed by atoms with Crippen molar-refractivity contribution in [2.75, 3.05) is 31.1 Å². The molecule has 178 valence electrons. The van der Waals surface area contributed by atoms with Crippen LogP contribution in [-0.2, 0) is 11.2 Å². The van der Waals surface area contributed by atoms with Gasteiger partial charge in [0.1, 0.15) is 12.1 Å². The minimum atomic E-state index is 0.172. The van der Waals surface area contributed by atoms with Gasteiger partial charge in [-0.2, -0.15) is 19.7 Å². The van der Waals surface area contributed by atoms with E-state index in [4.69, 9.17) is 10.1 Å². The van der Waals surface area contributed by atoms with Crippen molar-refractivity contribution >= 4 is 34.1 Å². The number of piperazine rings is 1. The van der Waals surface area contributed by atoms with Crippen LogP contribution in [0.3, 0.4) is 0 Å². The standard InChI is InChI=1S/C25H27N9O/c1-16-14-22(34-25(28-16)26-15-27-34)31-10-12-32(13-11-31)23(35)9-8-19-17(2)29-24-20-6-4-5-7-21(20)30-33(24)18(19)3/h4-7,14-15H,8-13H2,1-3H3. The van der Waals surface area contributed by atoms with Crippen LogP contribution in [0.5, 0.6) is 0 Å². The number of nitrogens with zero attached hydrogens (tertiary/aromatic N) is 9. The molecule has 0 aliphatic carbocycles. The van der Waals surface area contributed by atoms with Gasteiger partial charge in [0, 0.05) is 61.1 Å². The quantitative estimate of drug-likeness (QED) is 0.399. The maximum Gasteiger partial charge on any atom is 0.254 e. The number of aromatic nitrogens is 7. The lowest BCUT2D eigenvalue weighted by Crippen LogP contribution is -2.49. The second-order valence-electron chi connectivity index (χ2n) is 9.11. The minimum Gasteiger partial charge on any atom is -0.353 e. The molecule has 1 fully saturated rings. The molecule has 0 atom stereocenters. The lowest BCUT2D eigenvalue weighted by atomic mass is 10.1. The molecule has 6 rings (SSSR count). The normalized spacial score (nSPS) is 14.5. The molecule has 1 saturated heterocycles. The predicted molar refractivity (Wildman–Crippen MR) is 133 cm³/mol. The molecule has 5 aromatic rings. The zero-order chi connectivity index (χ0) is 24.1. The van der Waals surface area contributed by atoms with Crippen molar-refractivity contribution in [1.82, 2.24) is 39.1 Å². The van der Waals surface area contributed by atoms with Crippen molar-refractivity contribution < 1.29 is 4.79 Å². The van der Waals surface area contributed by atoms with Crippen LogP contribution in [0.4, 0.5) is 5.82 Å². The van der Waals surface area contributed by atoms with Crippen LogP contribution in [0.25, 0.3) is 22.3 Å². The highest BCUT2D eigenvalue weighted by molar-refractivity contribution is 5.92. The number of rotatable bonds is 4. The minimum absolute atomic E-state index is 0.172. The summed E-state index contributed by atoms with van der Waals surface area (Å²) in [5.74, 6) is 1.74. The molecular weight excluding hydrogens is 442 g/mol. The second-order valence-corrected chi connectivity index (χ2v) is 9.11. The van der Waals surface area contributed by atoms with E-state index in [0.717, 1.165) is 58.1 Å². The Balaban J connectivity index is 1.15. The first-order chi connectivity index (χ1) is 17.0. The van der Waals surface area contributed by atoms with Crippen molar-refractivity contribution in [3.05, 3.63) is 59.3 Å². The van der Waals surface area contributed by atoms with Crippen molar-refractivity contribution in [2.24, 2.45) is 0 Å². The SMILES string of the molecule is Cc1cc(N2CCN(C(=O)CCc3c(C)nc4c5ccccc5nn4c3C)CC2)n2ncnc2n1. The Labute approximate surface area is 202 Å². The van der Waals surface area contributed by atoms with Gasteiger partial charge in [0.2, 0.25) is 5.91 Å². The van der Waals surface area contributed by atoms with Gasteiger partial charge in [-0.05, 0) is 44.9 Å². The number of fused-ring (bicyclic) bond motifs is 4. The van der Waals surface area contributed by atoms with Crippen molar-refractivity contribution in [3.63, 3.8) is 0 Å². The molecule has 1 aliphatic heterocycles. The van der Waals surface area contributed by atoms with E-state index < -0.39 is 0 Å². The number of carbonyl (C=O) groups excluding carboxylic acids is 1. The third-order valence-corrected chi connectivity index (χ3v) is 6.92. The highest BCUT2D eigenvalue weighted by Gasteiger charge is 2.24. The number of carbonyl (C=O) groups is 1. The van der Waals surface area contributed by atoms with Gasteiger partial charge >= 0.3 is 0 Å². The Bertz CT molecular complexity index is 1580. The summed E-state index contributed by atoms with van der Waals surface area (Å²) in [5, 5.41) is 10.1. The Morgan fingerprint density at radius 2 is 1.80 bits per heavy atom. The molecule has 4 aromatic heterocycles. The van der Waals surface area contributed by atoms with Crippen LogP contribution in [0.2, 0.25) is 0 Å². The lowest BCUT2D eigenvalue weighted by molar-refractivity contribution is -0.131. The average Bonchev–Trinajstić information content (AvgIpc) is 3.48. The highest BCUT2D eigenvalue weighted by atomic mass is 16.2. The van der Waals surface area contributed by atoms with E-state index in [0.29, 0.717) is 31.7 Å². The van der Waals surface area contributed by atoms with E-state index in [1.165, 1.54) is 6.33 Å². The molecule has 1 aromatic carbocycles. The zero-order valence-electron chi connectivity index (χ0n) is 20.1. The smallest absolute Gasteiger partial charge is 0.254 e. The maximum absolute atomic E-state index is 13.1. The summed E-state index contributed by atoms with van der Waals surface area (Å²) in [5.41, 5.74) is 5.81. The van der Waals surface area contributed by atoms with Crippen LogP contribution in [-0.4, -0.2) is 71.2 Å². The van der Waals surface area contributed by atoms with Crippen molar-refractivity contribution in [3.8, 4) is 0 Å². The third-order valence-electron chi connectivity index (χ3n) is 6.92. The van der Waals surface area contributed by atoms with E-state index in [1.807, 2.05) is 53.6 Å². The first-order valence-corrected chi connectivity index (χ1v) is 11.9. The van der Waals surface area contributed by atoms with E-state index in [2.05, 4.69) is 26.9 Å². The fourth-order valence-electron chi connectivity index (χ4n) is 5.05. The van der Waals surface area contributed by atoms with E-state index in [9.17, 15) is 4.79 Å². The Hall–Kier alpha value is -4.08. The average molecular weight is 470 g/mol. The summed E-state index contributed by atoms with van der Waals surface area (Å²) in [6, 6.07) is 10.1. The van der Waals surface area contributed by atoms with E-state index in [1.54, 1.807) is 4.52 Å². The highest BCUT2D eigenvalue weighted by Crippen LogP contribution is 2.23. The number of hydrogen-bond donors (Lipinski definition) is 0. The molecule has 10 heteroatoms. The summed E-state index contributed by atoms with van der Waals surface area (Å²) < 4.78 is 3.68. The molecule has 35 heavy (non-hydrogen) atoms. The van der Waals surface area contributed by atoms with Crippen LogP contribution in [0, 0.1) is 20.8 Å². The van der Waals surface area contributed by atoms with Gasteiger partial charge in [-0.3, -0.25) is 4.79 Å². The van der Waals surface area contributed by atoms with Gasteiger partial charge < -0.3 is 9.80 Å². The molecule has 10 nitrogen and oxygen atoms in total. The largest absolute Gasteiger partial charge is 0.353 e. The number of benzene rings is 1. The van der Waals surface area contributed by atoms with E-state index >= 15 is 0 Å². The molecule has 0 N–H and O–H groups in total. The molecule has 0 bridgehead atoms. The number of amides is 1. The second kappa shape index (κ2) is 8.30. The van der Waals surface area contributed by atoms with Gasteiger partial charge in [0.15, 0.2) is 5.65 Å². The molecule has 0 radical (unpaired) electrons. The molecule has 0 unspecified atom stereocenters. The summed E-state index contributed by atoms with van der Waals surface area (Å²) in [4.78, 5) is 30.8. The summed E-state index contributed by atoms with van der Waals surface area (Å²) in [7, 11) is 0. The molecule has 1 amide bonds. The first-order valence-electron chi connectivity index (χ1n) is 11.9. The maximum atomic E-state index is 13.1. The Morgan fingerprint density at radius 3 is 2.63 bits per heavy atom. The topological polar surface area (TPSA) is 96.8 Å². The molecule has 5 heterocycles. The van der Waals surface area contributed by atoms with Gasteiger partial charge in [0.25, 0.3) is 5.78 Å². The first kappa shape index (κ1) is 21.5. The summed E-state index contributed by atoms with van der Waals surface area (Å²) in [6.45, 7) is 8.89. The van der Waals surface area contributed by atoms with Crippen molar-refractivity contribution in [2.45, 2.75) is 33.6 Å². The van der Waals surface area contributed by atoms with Crippen LogP contribution >= 0.6 is 0 Å². The van der Waals surface area contributed by atoms with Gasteiger partial charge in [-0.25, -0.2) is 14.5 Å². The van der Waals surface area contributed by atoms with Crippen LogP contribution < -0.4 is 4.90 Å². The molecule has 0 spiro atoms. The van der Waals surface area contributed by atoms with Gasteiger partial charge in [0.05, 0.1) is 5.52 Å². The number of aryl methyl sites for hydroxylation is 3. The number of hydrogen-bond acceptors (Lipinski definition) is 7. The van der Waals surface area contributed by atoms with Gasteiger partial charge in [-0.1, -0.05) is 12.1 Å². The van der Waals surface area contributed by atoms with Gasteiger partial charge in [-0.15, -0.1) is 0 Å². The Morgan fingerprint density at radius 1 is 1.00 bits per heavy atom. The lowest BCUT2D eigenvalue weighted by Gasteiger charge is -2.36. The van der Waals surface area contributed by atoms with Crippen LogP contribution in [0.15, 0.2) is 36.7 Å². The Kier molecular flexibility index (Phi) is 5.09. The fourth-order valence-corrected chi connectivity index (χ4v) is 5.05.